The molecule has 9 nitrogen and oxygen atoms in total. The number of nitrogens with one attached hydrogen (secondary N) is 1. The highest BCUT2D eigenvalue weighted by atomic mass is 16.5. The summed E-state index contributed by atoms with van der Waals surface area (Å²) in [4.78, 5) is 29.6. The second kappa shape index (κ2) is 5.50. The molecule has 1 fully saturated rings. The standard InChI is InChI=1S/C13H17N5O4/c1-7-4-17(13(21)16-12(7)20)10-3-9(11(22-10)8(2)19)18-6-14-5-15-18/h4-6,8-11,19H,3H2,1-2H3,(H,16,20,21). The van der Waals surface area contributed by atoms with Crippen molar-refractivity contribution in [2.45, 2.75) is 44.7 Å². The Hall–Kier alpha value is -2.26. The highest BCUT2D eigenvalue weighted by molar-refractivity contribution is 5.02. The molecule has 0 spiro atoms. The summed E-state index contributed by atoms with van der Waals surface area (Å²) in [5, 5.41) is 14.0. The Bertz CT molecular complexity index is 763. The van der Waals surface area contributed by atoms with Crippen LogP contribution in [0, 0.1) is 6.92 Å². The van der Waals surface area contributed by atoms with Crippen molar-refractivity contribution in [3.63, 3.8) is 0 Å². The van der Waals surface area contributed by atoms with Crippen molar-refractivity contribution >= 4 is 0 Å². The van der Waals surface area contributed by atoms with Crippen molar-refractivity contribution in [1.82, 2.24) is 24.3 Å². The third-order valence-corrected chi connectivity index (χ3v) is 3.84. The second-order valence-electron chi connectivity index (χ2n) is 5.45. The Labute approximate surface area is 125 Å². The number of nitrogens with zero attached hydrogens (tertiary/aromatic N) is 4. The summed E-state index contributed by atoms with van der Waals surface area (Å²) in [5.41, 5.74) is -0.538. The van der Waals surface area contributed by atoms with E-state index in [2.05, 4.69) is 15.1 Å². The summed E-state index contributed by atoms with van der Waals surface area (Å²) < 4.78 is 8.77. The Balaban J connectivity index is 1.96. The average molecular weight is 307 g/mol. The highest BCUT2D eigenvalue weighted by Crippen LogP contribution is 2.37. The van der Waals surface area contributed by atoms with Gasteiger partial charge in [0.2, 0.25) is 0 Å². The molecule has 0 radical (unpaired) electrons. The number of aliphatic hydroxyl groups excluding tert-OH is 1. The first kappa shape index (κ1) is 14.7. The largest absolute Gasteiger partial charge is 0.391 e. The number of aliphatic hydroxyl groups is 1. The van der Waals surface area contributed by atoms with E-state index in [1.165, 1.54) is 17.1 Å². The maximum atomic E-state index is 12.0. The van der Waals surface area contributed by atoms with Crippen LogP contribution in [0.1, 0.15) is 31.2 Å². The maximum Gasteiger partial charge on any atom is 0.330 e. The molecule has 4 atom stereocenters. The van der Waals surface area contributed by atoms with Gasteiger partial charge in [0, 0.05) is 18.2 Å². The van der Waals surface area contributed by atoms with Crippen molar-refractivity contribution in [2.24, 2.45) is 0 Å². The van der Waals surface area contributed by atoms with E-state index >= 15 is 0 Å². The van der Waals surface area contributed by atoms with Crippen LogP contribution in [-0.4, -0.2) is 41.6 Å². The van der Waals surface area contributed by atoms with Gasteiger partial charge in [0.15, 0.2) is 0 Å². The number of hydrogen-bond donors (Lipinski definition) is 2. The van der Waals surface area contributed by atoms with E-state index in [4.69, 9.17) is 4.74 Å². The van der Waals surface area contributed by atoms with Gasteiger partial charge in [0.25, 0.3) is 5.56 Å². The lowest BCUT2D eigenvalue weighted by Gasteiger charge is -2.20. The van der Waals surface area contributed by atoms with Crippen LogP contribution in [0.15, 0.2) is 28.4 Å². The van der Waals surface area contributed by atoms with Crippen molar-refractivity contribution < 1.29 is 9.84 Å². The summed E-state index contributed by atoms with van der Waals surface area (Å²) >= 11 is 0. The van der Waals surface area contributed by atoms with E-state index in [1.807, 2.05) is 0 Å². The van der Waals surface area contributed by atoms with Crippen LogP contribution in [0.4, 0.5) is 0 Å². The Kier molecular flexibility index (Phi) is 3.67. The minimum absolute atomic E-state index is 0.244. The van der Waals surface area contributed by atoms with Crippen LogP contribution < -0.4 is 11.2 Å². The van der Waals surface area contributed by atoms with Gasteiger partial charge < -0.3 is 9.84 Å². The van der Waals surface area contributed by atoms with Gasteiger partial charge in [-0.25, -0.2) is 14.5 Å². The third-order valence-electron chi connectivity index (χ3n) is 3.84. The molecule has 118 valence electrons. The van der Waals surface area contributed by atoms with E-state index in [9.17, 15) is 14.7 Å². The number of rotatable bonds is 3. The number of hydrogen-bond acceptors (Lipinski definition) is 6. The van der Waals surface area contributed by atoms with Crippen LogP contribution in [0.3, 0.4) is 0 Å². The fourth-order valence-corrected chi connectivity index (χ4v) is 2.73. The zero-order valence-electron chi connectivity index (χ0n) is 12.2. The first-order valence-electron chi connectivity index (χ1n) is 6.97. The summed E-state index contributed by atoms with van der Waals surface area (Å²) in [5.74, 6) is 0. The molecule has 0 bridgehead atoms. The monoisotopic (exact) mass is 307 g/mol. The first-order valence-corrected chi connectivity index (χ1v) is 6.97. The van der Waals surface area contributed by atoms with Crippen molar-refractivity contribution in [3.8, 4) is 0 Å². The Morgan fingerprint density at radius 3 is 2.91 bits per heavy atom. The topological polar surface area (TPSA) is 115 Å². The molecular weight excluding hydrogens is 290 g/mol. The predicted octanol–water partition coefficient (Wildman–Crippen LogP) is -0.654. The van der Waals surface area contributed by atoms with Crippen LogP contribution in [-0.2, 0) is 4.74 Å². The number of ether oxygens (including phenoxy) is 1. The average Bonchev–Trinajstić information content (AvgIpc) is 3.11. The third kappa shape index (κ3) is 2.48. The lowest BCUT2D eigenvalue weighted by atomic mass is 10.1. The molecule has 22 heavy (non-hydrogen) atoms. The molecule has 2 aromatic rings. The molecule has 4 unspecified atom stereocenters. The molecule has 9 heteroatoms. The van der Waals surface area contributed by atoms with Gasteiger partial charge in [0.1, 0.15) is 25.0 Å². The van der Waals surface area contributed by atoms with Gasteiger partial charge in [0.05, 0.1) is 12.1 Å². The highest BCUT2D eigenvalue weighted by Gasteiger charge is 2.40. The molecule has 1 aliphatic heterocycles. The normalized spacial score (nSPS) is 26.2. The van der Waals surface area contributed by atoms with E-state index in [0.717, 1.165) is 0 Å². The zero-order chi connectivity index (χ0) is 15.9. The van der Waals surface area contributed by atoms with Gasteiger partial charge in [-0.15, -0.1) is 0 Å². The molecule has 3 rings (SSSR count). The van der Waals surface area contributed by atoms with Gasteiger partial charge in [-0.1, -0.05) is 0 Å². The van der Waals surface area contributed by atoms with Gasteiger partial charge >= 0.3 is 5.69 Å². The number of aryl methyl sites for hydroxylation is 1. The lowest BCUT2D eigenvalue weighted by Crippen LogP contribution is -2.34. The minimum atomic E-state index is -0.737. The zero-order valence-corrected chi connectivity index (χ0v) is 12.2. The Morgan fingerprint density at radius 1 is 1.50 bits per heavy atom. The van der Waals surface area contributed by atoms with Gasteiger partial charge in [-0.05, 0) is 13.8 Å². The molecule has 0 aromatic carbocycles. The maximum absolute atomic E-state index is 12.0. The van der Waals surface area contributed by atoms with Gasteiger partial charge in [-0.2, -0.15) is 5.10 Å². The molecular formula is C13H17N5O4. The lowest BCUT2D eigenvalue weighted by molar-refractivity contribution is -0.0633. The predicted molar refractivity (Wildman–Crippen MR) is 75.3 cm³/mol. The van der Waals surface area contributed by atoms with E-state index < -0.39 is 29.7 Å². The quantitative estimate of drug-likeness (QED) is 0.778. The summed E-state index contributed by atoms with van der Waals surface area (Å²) in [6.07, 6.45) is 3.01. The molecule has 0 aliphatic carbocycles. The Morgan fingerprint density at radius 2 is 2.27 bits per heavy atom. The van der Waals surface area contributed by atoms with E-state index in [1.54, 1.807) is 24.9 Å². The first-order chi connectivity index (χ1) is 10.5. The number of aromatic amines is 1. The van der Waals surface area contributed by atoms with Crippen molar-refractivity contribution in [2.75, 3.05) is 0 Å². The number of aromatic nitrogens is 5. The van der Waals surface area contributed by atoms with E-state index in [-0.39, 0.29) is 6.04 Å². The molecule has 0 amide bonds. The molecule has 3 heterocycles. The summed E-state index contributed by atoms with van der Waals surface area (Å²) in [7, 11) is 0. The SMILES string of the molecule is Cc1cn(C2CC(n3cncn3)C(C(C)O)O2)c(=O)[nH]c1=O. The smallest absolute Gasteiger partial charge is 0.330 e. The second-order valence-corrected chi connectivity index (χ2v) is 5.45. The molecule has 1 saturated heterocycles. The fourth-order valence-electron chi connectivity index (χ4n) is 2.73. The summed E-state index contributed by atoms with van der Waals surface area (Å²) in [6.45, 7) is 3.24. The van der Waals surface area contributed by atoms with Gasteiger partial charge in [-0.3, -0.25) is 14.3 Å². The van der Waals surface area contributed by atoms with Crippen LogP contribution in [0.25, 0.3) is 0 Å². The molecule has 2 aromatic heterocycles. The summed E-state index contributed by atoms with van der Waals surface area (Å²) in [6, 6.07) is -0.244. The van der Waals surface area contributed by atoms with Crippen LogP contribution in [0.5, 0.6) is 0 Å². The van der Waals surface area contributed by atoms with Crippen LogP contribution in [0.2, 0.25) is 0 Å². The fraction of sp³-hybridized carbons (Fsp3) is 0.538. The number of H-pyrrole nitrogens is 1. The minimum Gasteiger partial charge on any atom is -0.391 e. The molecule has 0 saturated carbocycles. The molecule has 1 aliphatic rings. The molecule has 2 N–H and O–H groups in total. The van der Waals surface area contributed by atoms with Crippen molar-refractivity contribution in [3.05, 3.63) is 45.3 Å². The van der Waals surface area contributed by atoms with Crippen molar-refractivity contribution in [1.29, 1.82) is 0 Å². The van der Waals surface area contributed by atoms with Crippen LogP contribution >= 0.6 is 0 Å². The van der Waals surface area contributed by atoms with E-state index in [0.29, 0.717) is 12.0 Å².